The number of nitrogens with zero attached hydrogens (tertiary/aromatic N) is 1. The van der Waals surface area contributed by atoms with Crippen molar-refractivity contribution >= 4 is 21.2 Å². The summed E-state index contributed by atoms with van der Waals surface area (Å²) < 4.78 is 23.6. The molecule has 2 N–H and O–H groups in total. The molecular formula is C15H22N2O2S. The predicted molar refractivity (Wildman–Crippen MR) is 81.6 cm³/mol. The van der Waals surface area contributed by atoms with Crippen LogP contribution in [0.25, 0.3) is 0 Å². The van der Waals surface area contributed by atoms with E-state index in [9.17, 15) is 8.42 Å². The van der Waals surface area contributed by atoms with Gasteiger partial charge in [-0.15, -0.1) is 0 Å². The smallest absolute Gasteiger partial charge is 0.177 e. The standard InChI is InChI=1S/C15H22N2O2S/c1-20(18,19)14-4-2-3-13(15(14)16)17(9-11-5-6-11)10-12-7-8-12/h2-4,11-12H,5-10,16H2,1H3. The summed E-state index contributed by atoms with van der Waals surface area (Å²) in [6.07, 6.45) is 6.36. The molecule has 0 unspecified atom stereocenters. The van der Waals surface area contributed by atoms with E-state index >= 15 is 0 Å². The van der Waals surface area contributed by atoms with Crippen LogP contribution in [0.15, 0.2) is 23.1 Å². The van der Waals surface area contributed by atoms with Gasteiger partial charge in [0.05, 0.1) is 16.3 Å². The van der Waals surface area contributed by atoms with Gasteiger partial charge in [-0.2, -0.15) is 0 Å². The van der Waals surface area contributed by atoms with Gasteiger partial charge in [0, 0.05) is 19.3 Å². The first kappa shape index (κ1) is 13.7. The van der Waals surface area contributed by atoms with E-state index in [-0.39, 0.29) is 4.90 Å². The summed E-state index contributed by atoms with van der Waals surface area (Å²) in [5.41, 5.74) is 7.45. The third-order valence-corrected chi connectivity index (χ3v) is 5.29. The molecule has 0 atom stereocenters. The van der Waals surface area contributed by atoms with E-state index in [0.717, 1.165) is 30.6 Å². The summed E-state index contributed by atoms with van der Waals surface area (Å²) in [5, 5.41) is 0. The summed E-state index contributed by atoms with van der Waals surface area (Å²) in [6, 6.07) is 5.35. The molecule has 1 aromatic carbocycles. The minimum absolute atomic E-state index is 0.256. The normalized spacial score (nSPS) is 19.1. The fourth-order valence-corrected chi connectivity index (χ4v) is 3.46. The van der Waals surface area contributed by atoms with Gasteiger partial charge in [0.15, 0.2) is 9.84 Å². The molecule has 5 heteroatoms. The fraction of sp³-hybridized carbons (Fsp3) is 0.600. The minimum Gasteiger partial charge on any atom is -0.396 e. The summed E-state index contributed by atoms with van der Waals surface area (Å²) in [6.45, 7) is 2.02. The Morgan fingerprint density at radius 2 is 1.70 bits per heavy atom. The van der Waals surface area contributed by atoms with Gasteiger partial charge in [-0.3, -0.25) is 0 Å². The lowest BCUT2D eigenvalue weighted by Gasteiger charge is -2.27. The van der Waals surface area contributed by atoms with E-state index in [1.165, 1.54) is 31.9 Å². The van der Waals surface area contributed by atoms with Crippen LogP contribution in [-0.2, 0) is 9.84 Å². The molecule has 0 radical (unpaired) electrons. The van der Waals surface area contributed by atoms with Crippen LogP contribution in [0.5, 0.6) is 0 Å². The molecule has 2 saturated carbocycles. The van der Waals surface area contributed by atoms with Gasteiger partial charge in [0.2, 0.25) is 0 Å². The van der Waals surface area contributed by atoms with Gasteiger partial charge in [-0.05, 0) is 49.7 Å². The molecule has 2 aliphatic rings. The first-order valence-corrected chi connectivity index (χ1v) is 9.18. The molecule has 20 heavy (non-hydrogen) atoms. The largest absolute Gasteiger partial charge is 0.396 e. The number of hydrogen-bond donors (Lipinski definition) is 1. The van der Waals surface area contributed by atoms with E-state index in [0.29, 0.717) is 5.69 Å². The average Bonchev–Trinajstić information content (AvgIpc) is 3.22. The van der Waals surface area contributed by atoms with Gasteiger partial charge in [-0.1, -0.05) is 6.07 Å². The molecule has 0 heterocycles. The number of sulfone groups is 1. The van der Waals surface area contributed by atoms with Crippen LogP contribution in [0.4, 0.5) is 11.4 Å². The predicted octanol–water partition coefficient (Wildman–Crippen LogP) is 2.30. The van der Waals surface area contributed by atoms with Gasteiger partial charge in [0.1, 0.15) is 0 Å². The third kappa shape index (κ3) is 3.08. The van der Waals surface area contributed by atoms with Crippen molar-refractivity contribution < 1.29 is 8.42 Å². The Bertz CT molecular complexity index is 590. The summed E-state index contributed by atoms with van der Waals surface area (Å²) in [7, 11) is -3.27. The van der Waals surface area contributed by atoms with Crippen molar-refractivity contribution in [3.63, 3.8) is 0 Å². The molecule has 0 aliphatic heterocycles. The summed E-state index contributed by atoms with van der Waals surface area (Å²) in [5.74, 6) is 1.52. The zero-order chi connectivity index (χ0) is 14.3. The molecule has 0 bridgehead atoms. The molecule has 0 amide bonds. The maximum absolute atomic E-state index is 11.8. The Kier molecular flexibility index (Phi) is 3.40. The van der Waals surface area contributed by atoms with Crippen LogP contribution in [-0.4, -0.2) is 27.8 Å². The number of para-hydroxylation sites is 1. The van der Waals surface area contributed by atoms with Crippen LogP contribution < -0.4 is 10.6 Å². The number of benzene rings is 1. The number of nitrogen functional groups attached to an aromatic ring is 1. The highest BCUT2D eigenvalue weighted by atomic mass is 32.2. The Hall–Kier alpha value is -1.23. The van der Waals surface area contributed by atoms with Crippen LogP contribution >= 0.6 is 0 Å². The summed E-state index contributed by atoms with van der Waals surface area (Å²) >= 11 is 0. The van der Waals surface area contributed by atoms with Crippen LogP contribution in [0, 0.1) is 11.8 Å². The van der Waals surface area contributed by atoms with Gasteiger partial charge >= 0.3 is 0 Å². The SMILES string of the molecule is CS(=O)(=O)c1cccc(N(CC2CC2)CC2CC2)c1N. The van der Waals surface area contributed by atoms with Crippen molar-refractivity contribution in [3.8, 4) is 0 Å². The molecule has 0 spiro atoms. The molecule has 110 valence electrons. The summed E-state index contributed by atoms with van der Waals surface area (Å²) in [4.78, 5) is 2.56. The second kappa shape index (κ2) is 4.95. The van der Waals surface area contributed by atoms with E-state index in [4.69, 9.17) is 5.73 Å². The zero-order valence-corrected chi connectivity index (χ0v) is 12.7. The fourth-order valence-electron chi connectivity index (χ4n) is 2.63. The Morgan fingerprint density at radius 3 is 2.15 bits per heavy atom. The highest BCUT2D eigenvalue weighted by molar-refractivity contribution is 7.90. The molecule has 0 aromatic heterocycles. The second-order valence-electron chi connectivity index (χ2n) is 6.25. The third-order valence-electron chi connectivity index (χ3n) is 4.13. The van der Waals surface area contributed by atoms with Crippen LogP contribution in [0.1, 0.15) is 25.7 Å². The Balaban J connectivity index is 1.92. The molecule has 3 rings (SSSR count). The van der Waals surface area contributed by atoms with E-state index in [1.807, 2.05) is 6.07 Å². The van der Waals surface area contributed by atoms with Crippen molar-refractivity contribution in [1.29, 1.82) is 0 Å². The van der Waals surface area contributed by atoms with Crippen LogP contribution in [0.2, 0.25) is 0 Å². The van der Waals surface area contributed by atoms with E-state index < -0.39 is 9.84 Å². The maximum Gasteiger partial charge on any atom is 0.177 e. The van der Waals surface area contributed by atoms with Crippen molar-refractivity contribution in [3.05, 3.63) is 18.2 Å². The van der Waals surface area contributed by atoms with Crippen molar-refractivity contribution in [2.24, 2.45) is 11.8 Å². The lowest BCUT2D eigenvalue weighted by Crippen LogP contribution is -2.29. The van der Waals surface area contributed by atoms with Gasteiger partial charge in [-0.25, -0.2) is 8.42 Å². The highest BCUT2D eigenvalue weighted by Gasteiger charge is 2.30. The Labute approximate surface area is 120 Å². The molecule has 2 aliphatic carbocycles. The van der Waals surface area contributed by atoms with Crippen molar-refractivity contribution in [2.45, 2.75) is 30.6 Å². The van der Waals surface area contributed by atoms with Crippen molar-refractivity contribution in [2.75, 3.05) is 30.0 Å². The molecule has 0 saturated heterocycles. The van der Waals surface area contributed by atoms with E-state index in [1.54, 1.807) is 12.1 Å². The monoisotopic (exact) mass is 294 g/mol. The van der Waals surface area contributed by atoms with Gasteiger partial charge in [0.25, 0.3) is 0 Å². The van der Waals surface area contributed by atoms with Crippen LogP contribution in [0.3, 0.4) is 0 Å². The van der Waals surface area contributed by atoms with Gasteiger partial charge < -0.3 is 10.6 Å². The Morgan fingerprint density at radius 1 is 1.15 bits per heavy atom. The first-order valence-electron chi connectivity index (χ1n) is 7.28. The molecule has 4 nitrogen and oxygen atoms in total. The lowest BCUT2D eigenvalue weighted by molar-refractivity contribution is 0.602. The number of anilines is 2. The molecule has 1 aromatic rings. The van der Waals surface area contributed by atoms with E-state index in [2.05, 4.69) is 4.90 Å². The quantitative estimate of drug-likeness (QED) is 0.818. The minimum atomic E-state index is -3.27. The molecular weight excluding hydrogens is 272 g/mol. The second-order valence-corrected chi connectivity index (χ2v) is 8.24. The highest BCUT2D eigenvalue weighted by Crippen LogP contribution is 2.38. The number of hydrogen-bond acceptors (Lipinski definition) is 4. The number of nitrogens with two attached hydrogens (primary N) is 1. The zero-order valence-electron chi connectivity index (χ0n) is 11.9. The average molecular weight is 294 g/mol. The topological polar surface area (TPSA) is 63.4 Å². The number of rotatable bonds is 6. The maximum atomic E-state index is 11.8. The van der Waals surface area contributed by atoms with Crippen molar-refractivity contribution in [1.82, 2.24) is 0 Å². The lowest BCUT2D eigenvalue weighted by atomic mass is 10.2. The first-order chi connectivity index (χ1) is 9.45. The molecule has 2 fully saturated rings.